The predicted molar refractivity (Wildman–Crippen MR) is 90.1 cm³/mol. The molecule has 0 heterocycles. The van der Waals surface area contributed by atoms with Crippen molar-refractivity contribution in [1.29, 1.82) is 0 Å². The van der Waals surface area contributed by atoms with Crippen LogP contribution < -0.4 is 10.5 Å². The quantitative estimate of drug-likeness (QED) is 0.719. The molecule has 0 aromatic heterocycles. The fourth-order valence-electron chi connectivity index (χ4n) is 1.97. The number of carbonyl (C=O) groups excluding carboxylic acids is 1. The van der Waals surface area contributed by atoms with E-state index in [0.29, 0.717) is 25.3 Å². The van der Waals surface area contributed by atoms with Gasteiger partial charge in [0, 0.05) is 25.9 Å². The van der Waals surface area contributed by atoms with Crippen LogP contribution in [0.4, 0.5) is 0 Å². The third-order valence-corrected chi connectivity index (χ3v) is 4.80. The number of benzene rings is 1. The van der Waals surface area contributed by atoms with Crippen LogP contribution in [-0.4, -0.2) is 51.7 Å². The summed E-state index contributed by atoms with van der Waals surface area (Å²) in [5.41, 5.74) is 5.73. The summed E-state index contributed by atoms with van der Waals surface area (Å²) in [4.78, 5) is 13.9. The van der Waals surface area contributed by atoms with Crippen LogP contribution in [0.3, 0.4) is 0 Å². The molecule has 1 aromatic carbocycles. The van der Waals surface area contributed by atoms with Gasteiger partial charge in [0.15, 0.2) is 9.84 Å². The van der Waals surface area contributed by atoms with Gasteiger partial charge in [-0.15, -0.1) is 0 Å². The highest BCUT2D eigenvalue weighted by Crippen LogP contribution is 2.17. The third kappa shape index (κ3) is 6.19. The van der Waals surface area contributed by atoms with Crippen molar-refractivity contribution in [2.75, 3.05) is 26.5 Å². The largest absolute Gasteiger partial charge is 0.493 e. The minimum atomic E-state index is -3.24. The van der Waals surface area contributed by atoms with Gasteiger partial charge in [0.1, 0.15) is 5.75 Å². The fraction of sp³-hybridized carbons (Fsp3) is 0.562. The van der Waals surface area contributed by atoms with Crippen molar-refractivity contribution in [2.24, 2.45) is 11.7 Å². The number of nitrogens with two attached hydrogens (primary N) is 1. The van der Waals surface area contributed by atoms with Gasteiger partial charge in [-0.1, -0.05) is 13.0 Å². The van der Waals surface area contributed by atoms with E-state index >= 15 is 0 Å². The summed E-state index contributed by atoms with van der Waals surface area (Å²) in [6.07, 6.45) is 1.81. The van der Waals surface area contributed by atoms with Crippen LogP contribution >= 0.6 is 0 Å². The Morgan fingerprint density at radius 1 is 1.35 bits per heavy atom. The lowest BCUT2D eigenvalue weighted by Crippen LogP contribution is -2.40. The van der Waals surface area contributed by atoms with E-state index in [4.69, 9.17) is 10.5 Å². The first-order valence-corrected chi connectivity index (χ1v) is 9.45. The molecule has 2 unspecified atom stereocenters. The molecule has 23 heavy (non-hydrogen) atoms. The molecule has 0 fully saturated rings. The van der Waals surface area contributed by atoms with Gasteiger partial charge in [-0.3, -0.25) is 4.79 Å². The Morgan fingerprint density at radius 2 is 2.00 bits per heavy atom. The molecule has 0 spiro atoms. The van der Waals surface area contributed by atoms with Crippen LogP contribution in [0.1, 0.15) is 20.3 Å². The van der Waals surface area contributed by atoms with Crippen LogP contribution in [-0.2, 0) is 14.6 Å². The van der Waals surface area contributed by atoms with Crippen LogP contribution in [0.15, 0.2) is 29.2 Å². The molecule has 0 aliphatic rings. The van der Waals surface area contributed by atoms with E-state index < -0.39 is 9.84 Å². The molecule has 7 heteroatoms. The molecule has 1 aromatic rings. The van der Waals surface area contributed by atoms with Gasteiger partial charge in [0.05, 0.1) is 17.4 Å². The van der Waals surface area contributed by atoms with Crippen LogP contribution in [0.2, 0.25) is 0 Å². The van der Waals surface area contributed by atoms with E-state index in [-0.39, 0.29) is 22.8 Å². The van der Waals surface area contributed by atoms with E-state index in [9.17, 15) is 13.2 Å². The summed E-state index contributed by atoms with van der Waals surface area (Å²) in [6, 6.07) is 6.21. The van der Waals surface area contributed by atoms with Gasteiger partial charge in [-0.2, -0.15) is 0 Å². The van der Waals surface area contributed by atoms with Crippen molar-refractivity contribution in [3.63, 3.8) is 0 Å². The van der Waals surface area contributed by atoms with E-state index in [1.54, 1.807) is 24.1 Å². The van der Waals surface area contributed by atoms with Crippen molar-refractivity contribution in [1.82, 2.24) is 4.90 Å². The molecule has 130 valence electrons. The van der Waals surface area contributed by atoms with E-state index in [0.717, 1.165) is 6.26 Å². The Hall–Kier alpha value is -1.60. The Kier molecular flexibility index (Phi) is 7.02. The molecular weight excluding hydrogens is 316 g/mol. The predicted octanol–water partition coefficient (Wildman–Crippen LogP) is 1.30. The molecule has 1 amide bonds. The smallest absolute Gasteiger partial charge is 0.226 e. The Labute approximate surface area is 138 Å². The number of nitrogens with zero attached hydrogens (tertiary/aromatic N) is 1. The molecule has 0 aliphatic heterocycles. The van der Waals surface area contributed by atoms with Gasteiger partial charge in [0.2, 0.25) is 5.91 Å². The minimum Gasteiger partial charge on any atom is -0.493 e. The summed E-state index contributed by atoms with van der Waals surface area (Å²) in [5, 5.41) is 0. The first kappa shape index (κ1) is 19.4. The second kappa shape index (κ2) is 8.31. The molecule has 6 nitrogen and oxygen atoms in total. The first-order chi connectivity index (χ1) is 10.6. The average molecular weight is 342 g/mol. The number of hydrogen-bond donors (Lipinski definition) is 1. The summed E-state index contributed by atoms with van der Waals surface area (Å²) in [5.74, 6) is 0.303. The Balaban J connectivity index is 2.45. The van der Waals surface area contributed by atoms with Gasteiger partial charge in [-0.05, 0) is 31.5 Å². The number of amides is 1. The average Bonchev–Trinajstić information content (AvgIpc) is 2.49. The summed E-state index contributed by atoms with van der Waals surface area (Å²) in [7, 11) is -1.50. The van der Waals surface area contributed by atoms with Crippen molar-refractivity contribution in [3.8, 4) is 5.75 Å². The van der Waals surface area contributed by atoms with Crippen molar-refractivity contribution in [2.45, 2.75) is 31.2 Å². The lowest BCUT2D eigenvalue weighted by Gasteiger charge is -2.23. The zero-order valence-electron chi connectivity index (χ0n) is 14.2. The summed E-state index contributed by atoms with van der Waals surface area (Å²) >= 11 is 0. The summed E-state index contributed by atoms with van der Waals surface area (Å²) < 4.78 is 28.5. The molecular formula is C16H26N2O4S. The van der Waals surface area contributed by atoms with Crippen molar-refractivity contribution < 1.29 is 17.9 Å². The van der Waals surface area contributed by atoms with Gasteiger partial charge < -0.3 is 15.4 Å². The molecule has 0 saturated carbocycles. The maximum Gasteiger partial charge on any atom is 0.226 e. The molecule has 0 bridgehead atoms. The van der Waals surface area contributed by atoms with Crippen LogP contribution in [0, 0.1) is 5.92 Å². The lowest BCUT2D eigenvalue weighted by molar-refractivity contribution is -0.134. The molecule has 2 N–H and O–H groups in total. The Bertz CT molecular complexity index is 629. The van der Waals surface area contributed by atoms with E-state index in [2.05, 4.69) is 0 Å². The maximum absolute atomic E-state index is 12.0. The lowest BCUT2D eigenvalue weighted by atomic mass is 10.0. The van der Waals surface area contributed by atoms with Crippen LogP contribution in [0.25, 0.3) is 0 Å². The zero-order valence-corrected chi connectivity index (χ0v) is 15.0. The van der Waals surface area contributed by atoms with Crippen LogP contribution in [0.5, 0.6) is 5.75 Å². The number of hydrogen-bond acceptors (Lipinski definition) is 5. The van der Waals surface area contributed by atoms with E-state index in [1.165, 1.54) is 12.1 Å². The monoisotopic (exact) mass is 342 g/mol. The highest BCUT2D eigenvalue weighted by molar-refractivity contribution is 7.90. The highest BCUT2D eigenvalue weighted by Gasteiger charge is 2.20. The minimum absolute atomic E-state index is 0.0130. The van der Waals surface area contributed by atoms with Crippen molar-refractivity contribution >= 4 is 15.7 Å². The highest BCUT2D eigenvalue weighted by atomic mass is 32.2. The van der Waals surface area contributed by atoms with Gasteiger partial charge >= 0.3 is 0 Å². The molecule has 2 atom stereocenters. The number of sulfone groups is 1. The van der Waals surface area contributed by atoms with Crippen molar-refractivity contribution in [3.05, 3.63) is 24.3 Å². The molecule has 0 saturated heterocycles. The summed E-state index contributed by atoms with van der Waals surface area (Å²) in [6.45, 7) is 4.59. The second-order valence-corrected chi connectivity index (χ2v) is 7.87. The standard InChI is InChI=1S/C16H26N2O4S/c1-12(13(2)17)16(19)18(3)9-6-10-22-14-7-5-8-15(11-14)23(4,20)21/h5,7-8,11-13H,6,9-10,17H2,1-4H3. The number of rotatable bonds is 8. The fourth-order valence-corrected chi connectivity index (χ4v) is 2.63. The Morgan fingerprint density at radius 3 is 2.57 bits per heavy atom. The van der Waals surface area contributed by atoms with E-state index in [1.807, 2.05) is 13.8 Å². The first-order valence-electron chi connectivity index (χ1n) is 7.56. The van der Waals surface area contributed by atoms with Gasteiger partial charge in [0.25, 0.3) is 0 Å². The molecule has 1 rings (SSSR count). The SMILES string of the molecule is CC(N)C(C)C(=O)N(C)CCCOc1cccc(S(C)(=O)=O)c1. The molecule has 0 radical (unpaired) electrons. The third-order valence-electron chi connectivity index (χ3n) is 3.69. The maximum atomic E-state index is 12.0. The molecule has 0 aliphatic carbocycles. The normalized spacial score (nSPS) is 14.1. The van der Waals surface area contributed by atoms with Gasteiger partial charge in [-0.25, -0.2) is 8.42 Å². The number of ether oxygens (including phenoxy) is 1. The topological polar surface area (TPSA) is 89.7 Å². The number of carbonyl (C=O) groups is 1. The second-order valence-electron chi connectivity index (χ2n) is 5.86. The zero-order chi connectivity index (χ0) is 17.6.